The van der Waals surface area contributed by atoms with Gasteiger partial charge >= 0.3 is 6.61 Å². The molecule has 0 radical (unpaired) electrons. The molecule has 1 aromatic carbocycles. The molecule has 2 aromatic rings. The Labute approximate surface area is 148 Å². The molecule has 1 N–H and O–H groups in total. The van der Waals surface area contributed by atoms with Crippen molar-refractivity contribution in [2.45, 2.75) is 32.8 Å². The molecule has 25 heavy (non-hydrogen) atoms. The summed E-state index contributed by atoms with van der Waals surface area (Å²) in [7, 11) is 0. The van der Waals surface area contributed by atoms with Crippen molar-refractivity contribution in [3.05, 3.63) is 41.3 Å². The summed E-state index contributed by atoms with van der Waals surface area (Å²) in [6.45, 7) is -0.932. The third kappa shape index (κ3) is 4.42. The average Bonchev–Trinajstić information content (AvgIpc) is 2.96. The van der Waals surface area contributed by atoms with E-state index in [1.165, 1.54) is 23.5 Å². The zero-order chi connectivity index (χ0) is 17.8. The standard InChI is InChI=1S/C18H18F2N2O2S/c1-11-15(12-7-9-14(10-8-12)24-17(19)20)21-18(25-11)22-16(23)13-5-3-2-4-6-13/h2-3,7-10,13,17H,4-6H2,1H3,(H,21,22,23)/t13-/m1/s1. The molecule has 0 bridgehead atoms. The molecule has 7 heteroatoms. The lowest BCUT2D eigenvalue weighted by Crippen LogP contribution is -2.23. The maximum absolute atomic E-state index is 12.3. The Balaban J connectivity index is 1.71. The molecule has 3 rings (SSSR count). The van der Waals surface area contributed by atoms with Gasteiger partial charge in [0.05, 0.1) is 5.69 Å². The largest absolute Gasteiger partial charge is 0.435 e. The molecule has 0 saturated carbocycles. The van der Waals surface area contributed by atoms with Gasteiger partial charge in [-0.05, 0) is 50.5 Å². The van der Waals surface area contributed by atoms with Crippen LogP contribution in [0.5, 0.6) is 5.75 Å². The van der Waals surface area contributed by atoms with Crippen LogP contribution >= 0.6 is 11.3 Å². The lowest BCUT2D eigenvalue weighted by atomic mass is 9.94. The SMILES string of the molecule is Cc1sc(NC(=O)[C@@H]2CC=CCC2)nc1-c1ccc(OC(F)F)cc1. The number of halogens is 2. The van der Waals surface area contributed by atoms with Crippen LogP contribution in [0.3, 0.4) is 0 Å². The van der Waals surface area contributed by atoms with E-state index in [0.717, 1.165) is 35.4 Å². The number of anilines is 1. The van der Waals surface area contributed by atoms with Gasteiger partial charge in [-0.15, -0.1) is 11.3 Å². The Morgan fingerprint density at radius 2 is 2.08 bits per heavy atom. The first-order chi connectivity index (χ1) is 12.0. The molecule has 1 aliphatic rings. The van der Waals surface area contributed by atoms with Crippen LogP contribution in [-0.2, 0) is 4.79 Å². The molecule has 0 saturated heterocycles. The van der Waals surface area contributed by atoms with Crippen molar-refractivity contribution in [2.75, 3.05) is 5.32 Å². The lowest BCUT2D eigenvalue weighted by Gasteiger charge is -2.15. The van der Waals surface area contributed by atoms with E-state index in [2.05, 4.69) is 21.1 Å². The molecule has 1 atom stereocenters. The van der Waals surface area contributed by atoms with Crippen molar-refractivity contribution < 1.29 is 18.3 Å². The van der Waals surface area contributed by atoms with Crippen molar-refractivity contribution in [1.82, 2.24) is 4.98 Å². The van der Waals surface area contributed by atoms with Crippen LogP contribution in [-0.4, -0.2) is 17.5 Å². The topological polar surface area (TPSA) is 51.2 Å². The number of ether oxygens (including phenoxy) is 1. The molecule has 132 valence electrons. The van der Waals surface area contributed by atoms with Crippen molar-refractivity contribution in [3.8, 4) is 17.0 Å². The Kier molecular flexibility index (Phi) is 5.43. The first kappa shape index (κ1) is 17.5. The number of rotatable bonds is 5. The number of amides is 1. The van der Waals surface area contributed by atoms with E-state index in [1.54, 1.807) is 12.1 Å². The normalized spacial score (nSPS) is 16.9. The number of benzene rings is 1. The minimum absolute atomic E-state index is 0.00895. The molecular formula is C18H18F2N2O2S. The highest BCUT2D eigenvalue weighted by Crippen LogP contribution is 2.32. The molecule has 4 nitrogen and oxygen atoms in total. The van der Waals surface area contributed by atoms with Crippen molar-refractivity contribution in [3.63, 3.8) is 0 Å². The predicted octanol–water partition coefficient (Wildman–Crippen LogP) is 5.01. The van der Waals surface area contributed by atoms with Crippen LogP contribution in [0.15, 0.2) is 36.4 Å². The number of allylic oxidation sites excluding steroid dienone is 2. The van der Waals surface area contributed by atoms with Gasteiger partial charge in [-0.1, -0.05) is 12.2 Å². The molecule has 0 aliphatic heterocycles. The van der Waals surface area contributed by atoms with Gasteiger partial charge in [-0.2, -0.15) is 8.78 Å². The third-order valence-electron chi connectivity index (χ3n) is 4.02. The molecular weight excluding hydrogens is 346 g/mol. The summed E-state index contributed by atoms with van der Waals surface area (Å²) in [6, 6.07) is 6.31. The second-order valence-corrected chi connectivity index (χ2v) is 7.00. The summed E-state index contributed by atoms with van der Waals surface area (Å²) in [4.78, 5) is 17.7. The Morgan fingerprint density at radius 1 is 1.32 bits per heavy atom. The predicted molar refractivity (Wildman–Crippen MR) is 94.0 cm³/mol. The van der Waals surface area contributed by atoms with E-state index in [1.807, 2.05) is 13.0 Å². The van der Waals surface area contributed by atoms with E-state index in [0.29, 0.717) is 5.13 Å². The number of hydrogen-bond acceptors (Lipinski definition) is 4. The van der Waals surface area contributed by atoms with Gasteiger partial charge in [0.25, 0.3) is 0 Å². The number of aryl methyl sites for hydroxylation is 1. The molecule has 1 amide bonds. The average molecular weight is 364 g/mol. The maximum Gasteiger partial charge on any atom is 0.387 e. The fourth-order valence-corrected chi connectivity index (χ4v) is 3.59. The van der Waals surface area contributed by atoms with Crippen LogP contribution in [0, 0.1) is 12.8 Å². The maximum atomic E-state index is 12.3. The molecule has 1 heterocycles. The number of nitrogens with one attached hydrogen (secondary N) is 1. The van der Waals surface area contributed by atoms with Crippen molar-refractivity contribution >= 4 is 22.4 Å². The van der Waals surface area contributed by atoms with Gasteiger partial charge in [0, 0.05) is 16.4 Å². The fraction of sp³-hybridized carbons (Fsp3) is 0.333. The van der Waals surface area contributed by atoms with Gasteiger partial charge in [0.2, 0.25) is 5.91 Å². The third-order valence-corrected chi connectivity index (χ3v) is 4.91. The fourth-order valence-electron chi connectivity index (χ4n) is 2.75. The summed E-state index contributed by atoms with van der Waals surface area (Å²) >= 11 is 1.40. The van der Waals surface area contributed by atoms with Gasteiger partial charge in [-0.25, -0.2) is 4.98 Å². The number of alkyl halides is 2. The molecule has 0 spiro atoms. The molecule has 1 aromatic heterocycles. The van der Waals surface area contributed by atoms with Crippen LogP contribution in [0.1, 0.15) is 24.1 Å². The van der Waals surface area contributed by atoms with E-state index >= 15 is 0 Å². The molecule has 0 fully saturated rings. The van der Waals surface area contributed by atoms with E-state index in [-0.39, 0.29) is 17.6 Å². The zero-order valence-corrected chi connectivity index (χ0v) is 14.5. The summed E-state index contributed by atoms with van der Waals surface area (Å²) in [5, 5.41) is 3.45. The van der Waals surface area contributed by atoms with Gasteiger partial charge < -0.3 is 10.1 Å². The monoisotopic (exact) mass is 364 g/mol. The first-order valence-corrected chi connectivity index (χ1v) is 8.83. The number of nitrogens with zero attached hydrogens (tertiary/aromatic N) is 1. The Morgan fingerprint density at radius 3 is 2.72 bits per heavy atom. The van der Waals surface area contributed by atoms with Crippen molar-refractivity contribution in [1.29, 1.82) is 0 Å². The van der Waals surface area contributed by atoms with Crippen LogP contribution in [0.4, 0.5) is 13.9 Å². The summed E-state index contributed by atoms with van der Waals surface area (Å²) in [5.74, 6) is 0.0827. The number of carbonyl (C=O) groups excluding carboxylic acids is 1. The quantitative estimate of drug-likeness (QED) is 0.759. The number of aromatic nitrogens is 1. The minimum atomic E-state index is -2.84. The summed E-state index contributed by atoms with van der Waals surface area (Å²) in [5.41, 5.74) is 1.52. The first-order valence-electron chi connectivity index (χ1n) is 8.01. The number of thiazole rings is 1. The molecule has 1 aliphatic carbocycles. The minimum Gasteiger partial charge on any atom is -0.435 e. The van der Waals surface area contributed by atoms with E-state index < -0.39 is 6.61 Å². The van der Waals surface area contributed by atoms with Gasteiger partial charge in [0.15, 0.2) is 5.13 Å². The smallest absolute Gasteiger partial charge is 0.387 e. The van der Waals surface area contributed by atoms with Crippen LogP contribution in [0.25, 0.3) is 11.3 Å². The highest BCUT2D eigenvalue weighted by Gasteiger charge is 2.20. The van der Waals surface area contributed by atoms with E-state index in [4.69, 9.17) is 0 Å². The zero-order valence-electron chi connectivity index (χ0n) is 13.7. The Hall–Kier alpha value is -2.28. The number of carbonyl (C=O) groups is 1. The summed E-state index contributed by atoms with van der Waals surface area (Å²) in [6.07, 6.45) is 6.67. The summed E-state index contributed by atoms with van der Waals surface area (Å²) < 4.78 is 28.8. The Bertz CT molecular complexity index is 772. The van der Waals surface area contributed by atoms with Crippen LogP contribution < -0.4 is 10.1 Å². The second-order valence-electron chi connectivity index (χ2n) is 5.80. The highest BCUT2D eigenvalue weighted by molar-refractivity contribution is 7.16. The second kappa shape index (κ2) is 7.74. The van der Waals surface area contributed by atoms with Gasteiger partial charge in [0.1, 0.15) is 5.75 Å². The van der Waals surface area contributed by atoms with Gasteiger partial charge in [-0.3, -0.25) is 4.79 Å². The lowest BCUT2D eigenvalue weighted by molar-refractivity contribution is -0.120. The molecule has 0 unspecified atom stereocenters. The van der Waals surface area contributed by atoms with E-state index in [9.17, 15) is 13.6 Å². The van der Waals surface area contributed by atoms with Crippen molar-refractivity contribution in [2.24, 2.45) is 5.92 Å². The van der Waals surface area contributed by atoms with Crippen LogP contribution in [0.2, 0.25) is 0 Å². The number of hydrogen-bond donors (Lipinski definition) is 1. The highest BCUT2D eigenvalue weighted by atomic mass is 32.1.